The number of anilines is 1. The molecule has 7 heteroatoms. The highest BCUT2D eigenvalue weighted by atomic mass is 16.4. The number of rotatable bonds is 3. The Morgan fingerprint density at radius 1 is 0.871 bits per heavy atom. The van der Waals surface area contributed by atoms with Gasteiger partial charge in [0.15, 0.2) is 5.78 Å². The first-order valence-corrected chi connectivity index (χ1v) is 9.48. The molecule has 0 unspecified atom stereocenters. The van der Waals surface area contributed by atoms with E-state index in [0.717, 1.165) is 4.90 Å². The number of aromatic nitrogens is 1. The van der Waals surface area contributed by atoms with Crippen LogP contribution in [0.4, 0.5) is 5.69 Å². The minimum absolute atomic E-state index is 0.0658. The van der Waals surface area contributed by atoms with Crippen LogP contribution in [0.15, 0.2) is 75.9 Å². The van der Waals surface area contributed by atoms with E-state index in [4.69, 9.17) is 4.42 Å². The second kappa shape index (κ2) is 6.84. The van der Waals surface area contributed by atoms with Crippen molar-refractivity contribution in [3.05, 3.63) is 93.8 Å². The normalized spacial score (nSPS) is 13.0. The van der Waals surface area contributed by atoms with Crippen LogP contribution in [-0.2, 0) is 0 Å². The van der Waals surface area contributed by atoms with E-state index < -0.39 is 17.4 Å². The highest BCUT2D eigenvalue weighted by molar-refractivity contribution is 6.34. The van der Waals surface area contributed by atoms with Gasteiger partial charge < -0.3 is 4.42 Å². The van der Waals surface area contributed by atoms with Crippen LogP contribution in [0.1, 0.15) is 38.0 Å². The van der Waals surface area contributed by atoms with Crippen molar-refractivity contribution in [3.63, 3.8) is 0 Å². The van der Waals surface area contributed by atoms with E-state index in [9.17, 15) is 19.2 Å². The predicted molar refractivity (Wildman–Crippen MR) is 113 cm³/mol. The second-order valence-corrected chi connectivity index (χ2v) is 7.13. The Kier molecular flexibility index (Phi) is 4.11. The van der Waals surface area contributed by atoms with Crippen molar-refractivity contribution in [2.24, 2.45) is 0 Å². The monoisotopic (exact) mass is 410 g/mol. The third-order valence-electron chi connectivity index (χ3n) is 5.20. The van der Waals surface area contributed by atoms with Gasteiger partial charge in [-0.1, -0.05) is 12.1 Å². The summed E-state index contributed by atoms with van der Waals surface area (Å²) >= 11 is 0. The molecular formula is C24H14N2O5. The average Bonchev–Trinajstić information content (AvgIpc) is 3.03. The van der Waals surface area contributed by atoms with E-state index in [1.807, 2.05) is 0 Å². The molecule has 1 aliphatic rings. The number of amides is 2. The third-order valence-corrected chi connectivity index (χ3v) is 5.20. The standard InChI is InChI=1S/C24H14N2O5/c1-13(27)14-6-9-16(10-7-14)26-22(28)17-11-8-15(12-19(17)23(26)29)21-25-20-5-3-2-4-18(20)24(30)31-21/h2-12H,1H3. The molecule has 31 heavy (non-hydrogen) atoms. The van der Waals surface area contributed by atoms with E-state index in [0.29, 0.717) is 27.7 Å². The molecule has 1 aromatic heterocycles. The van der Waals surface area contributed by atoms with E-state index in [1.165, 1.54) is 19.1 Å². The number of carbonyl (C=O) groups excluding carboxylic acids is 3. The van der Waals surface area contributed by atoms with Crippen LogP contribution in [0.2, 0.25) is 0 Å². The van der Waals surface area contributed by atoms with Gasteiger partial charge in [0.05, 0.1) is 27.7 Å². The Balaban J connectivity index is 1.56. The average molecular weight is 410 g/mol. The van der Waals surface area contributed by atoms with E-state index in [-0.39, 0.29) is 22.8 Å². The Morgan fingerprint density at radius 3 is 2.32 bits per heavy atom. The third kappa shape index (κ3) is 2.95. The SMILES string of the molecule is CC(=O)c1ccc(N2C(=O)c3ccc(-c4nc5ccccc5c(=O)o4)cc3C2=O)cc1. The smallest absolute Gasteiger partial charge is 0.347 e. The Bertz CT molecular complexity index is 1470. The van der Waals surface area contributed by atoms with Gasteiger partial charge in [0.25, 0.3) is 11.8 Å². The molecule has 0 saturated carbocycles. The maximum Gasteiger partial charge on any atom is 0.347 e. The first kappa shape index (κ1) is 18.6. The molecule has 0 atom stereocenters. The van der Waals surface area contributed by atoms with Gasteiger partial charge in [-0.25, -0.2) is 14.7 Å². The quantitative estimate of drug-likeness (QED) is 0.376. The maximum atomic E-state index is 13.0. The van der Waals surface area contributed by atoms with Gasteiger partial charge in [0.1, 0.15) is 0 Å². The first-order chi connectivity index (χ1) is 14.9. The number of carbonyl (C=O) groups is 3. The molecule has 0 N–H and O–H groups in total. The van der Waals surface area contributed by atoms with Crippen LogP contribution in [0.3, 0.4) is 0 Å². The van der Waals surface area contributed by atoms with Gasteiger partial charge >= 0.3 is 5.63 Å². The Labute approximate surface area is 175 Å². The summed E-state index contributed by atoms with van der Waals surface area (Å²) in [7, 11) is 0. The summed E-state index contributed by atoms with van der Waals surface area (Å²) in [4.78, 5) is 55.0. The maximum absolute atomic E-state index is 13.0. The molecule has 0 bridgehead atoms. The largest absolute Gasteiger partial charge is 0.403 e. The second-order valence-electron chi connectivity index (χ2n) is 7.13. The lowest BCUT2D eigenvalue weighted by Crippen LogP contribution is -2.29. The molecule has 0 saturated heterocycles. The van der Waals surface area contributed by atoms with Crippen LogP contribution in [0.5, 0.6) is 0 Å². The van der Waals surface area contributed by atoms with E-state index >= 15 is 0 Å². The van der Waals surface area contributed by atoms with Crippen LogP contribution in [-0.4, -0.2) is 22.6 Å². The molecule has 5 rings (SSSR count). The first-order valence-electron chi connectivity index (χ1n) is 9.48. The summed E-state index contributed by atoms with van der Waals surface area (Å²) in [6.07, 6.45) is 0. The molecule has 2 amide bonds. The molecular weight excluding hydrogens is 396 g/mol. The fraction of sp³-hybridized carbons (Fsp3) is 0.0417. The van der Waals surface area contributed by atoms with Crippen molar-refractivity contribution in [2.45, 2.75) is 6.92 Å². The highest BCUT2D eigenvalue weighted by Gasteiger charge is 2.37. The summed E-state index contributed by atoms with van der Waals surface area (Å²) in [5.74, 6) is -1.01. The molecule has 7 nitrogen and oxygen atoms in total. The number of nitrogens with zero attached hydrogens (tertiary/aromatic N) is 2. The molecule has 0 radical (unpaired) electrons. The number of fused-ring (bicyclic) bond motifs is 2. The molecule has 2 heterocycles. The zero-order chi connectivity index (χ0) is 21.7. The Hall–Kier alpha value is -4.39. The number of imide groups is 1. The number of hydrogen-bond donors (Lipinski definition) is 0. The lowest BCUT2D eigenvalue weighted by molar-refractivity contribution is 0.0925. The number of hydrogen-bond acceptors (Lipinski definition) is 6. The summed E-state index contributed by atoms with van der Waals surface area (Å²) < 4.78 is 5.34. The van der Waals surface area contributed by atoms with Crippen molar-refractivity contribution < 1.29 is 18.8 Å². The summed E-state index contributed by atoms with van der Waals surface area (Å²) in [6, 6.07) is 17.7. The topological polar surface area (TPSA) is 97.6 Å². The van der Waals surface area contributed by atoms with Crippen molar-refractivity contribution in [1.29, 1.82) is 0 Å². The van der Waals surface area contributed by atoms with Crippen LogP contribution >= 0.6 is 0 Å². The molecule has 0 aliphatic carbocycles. The number of Topliss-reactive ketones (excluding diaryl/α,β-unsaturated/α-hetero) is 1. The van der Waals surface area contributed by atoms with Crippen LogP contribution in [0, 0.1) is 0 Å². The molecule has 3 aromatic carbocycles. The molecule has 4 aromatic rings. The summed E-state index contributed by atoms with van der Waals surface area (Å²) in [6.45, 7) is 1.44. The van der Waals surface area contributed by atoms with Gasteiger partial charge in [-0.05, 0) is 61.5 Å². The fourth-order valence-corrected chi connectivity index (χ4v) is 3.60. The van der Waals surface area contributed by atoms with Crippen molar-refractivity contribution in [1.82, 2.24) is 4.98 Å². The van der Waals surface area contributed by atoms with Gasteiger partial charge in [0, 0.05) is 11.1 Å². The number of ketones is 1. The lowest BCUT2D eigenvalue weighted by Gasteiger charge is -2.13. The van der Waals surface area contributed by atoms with Gasteiger partial charge in [-0.2, -0.15) is 0 Å². The minimum atomic E-state index is -0.532. The summed E-state index contributed by atoms with van der Waals surface area (Å²) in [5.41, 5.74) is 1.65. The van der Waals surface area contributed by atoms with Gasteiger partial charge in [0.2, 0.25) is 5.89 Å². The molecule has 150 valence electrons. The van der Waals surface area contributed by atoms with Crippen LogP contribution in [0.25, 0.3) is 22.4 Å². The van der Waals surface area contributed by atoms with Gasteiger partial charge in [-0.15, -0.1) is 0 Å². The summed E-state index contributed by atoms with van der Waals surface area (Å²) in [5, 5.41) is 0.360. The molecule has 0 fully saturated rings. The van der Waals surface area contributed by atoms with Crippen molar-refractivity contribution in [2.75, 3.05) is 4.90 Å². The van der Waals surface area contributed by atoms with Crippen molar-refractivity contribution >= 4 is 34.2 Å². The zero-order valence-electron chi connectivity index (χ0n) is 16.3. The van der Waals surface area contributed by atoms with Gasteiger partial charge in [-0.3, -0.25) is 14.4 Å². The zero-order valence-corrected chi connectivity index (χ0v) is 16.3. The van der Waals surface area contributed by atoms with E-state index in [1.54, 1.807) is 54.6 Å². The number of para-hydroxylation sites is 1. The molecule has 0 spiro atoms. The number of benzene rings is 3. The predicted octanol–water partition coefficient (Wildman–Crippen LogP) is 3.86. The highest BCUT2D eigenvalue weighted by Crippen LogP contribution is 2.31. The molecule has 1 aliphatic heterocycles. The Morgan fingerprint density at radius 2 is 1.58 bits per heavy atom. The van der Waals surface area contributed by atoms with E-state index in [2.05, 4.69) is 4.98 Å². The minimum Gasteiger partial charge on any atom is -0.403 e. The van der Waals surface area contributed by atoms with Crippen molar-refractivity contribution in [3.8, 4) is 11.5 Å². The lowest BCUT2D eigenvalue weighted by atomic mass is 10.1. The van der Waals surface area contributed by atoms with Crippen LogP contribution < -0.4 is 10.5 Å². The fourth-order valence-electron chi connectivity index (χ4n) is 3.60.